The molecule has 1 fully saturated rings. The summed E-state index contributed by atoms with van der Waals surface area (Å²) in [6.45, 7) is 0. The lowest BCUT2D eigenvalue weighted by Gasteiger charge is -2.13. The minimum atomic E-state index is -0.386. The van der Waals surface area contributed by atoms with Crippen molar-refractivity contribution in [3.05, 3.63) is 38.9 Å². The van der Waals surface area contributed by atoms with E-state index in [4.69, 9.17) is 11.6 Å². The summed E-state index contributed by atoms with van der Waals surface area (Å²) in [6.07, 6.45) is 2.04. The molecular formula is C12H11ClN2O2S. The molecule has 18 heavy (non-hydrogen) atoms. The second kappa shape index (κ2) is 4.24. The van der Waals surface area contributed by atoms with Gasteiger partial charge in [-0.15, -0.1) is 11.8 Å². The highest BCUT2D eigenvalue weighted by Crippen LogP contribution is 2.60. The Morgan fingerprint density at radius 2 is 2.39 bits per heavy atom. The van der Waals surface area contributed by atoms with E-state index in [9.17, 15) is 10.1 Å². The monoisotopic (exact) mass is 282 g/mol. The van der Waals surface area contributed by atoms with E-state index in [1.54, 1.807) is 23.9 Å². The molecule has 0 aromatic heterocycles. The number of nitro groups is 1. The van der Waals surface area contributed by atoms with Crippen LogP contribution in [0.15, 0.2) is 23.2 Å². The Labute approximate surface area is 114 Å². The van der Waals surface area contributed by atoms with Crippen LogP contribution in [0, 0.1) is 16.0 Å². The first-order chi connectivity index (χ1) is 8.63. The van der Waals surface area contributed by atoms with Crippen molar-refractivity contribution < 1.29 is 4.92 Å². The summed E-state index contributed by atoms with van der Waals surface area (Å²) < 4.78 is 0. The Balaban J connectivity index is 2.06. The first-order valence-corrected chi connectivity index (χ1v) is 7.16. The van der Waals surface area contributed by atoms with E-state index in [0.29, 0.717) is 10.9 Å². The molecule has 2 unspecified atom stereocenters. The SMILES string of the molecule is O=[N+]([O-])c1ccc(Cl)c(C23CC2CCSC=N3)c1. The van der Waals surface area contributed by atoms with E-state index >= 15 is 0 Å². The van der Waals surface area contributed by atoms with Crippen LogP contribution in [0.5, 0.6) is 0 Å². The molecular weight excluding hydrogens is 272 g/mol. The summed E-state index contributed by atoms with van der Waals surface area (Å²) in [5, 5.41) is 11.4. The molecule has 4 nitrogen and oxygen atoms in total. The van der Waals surface area contributed by atoms with E-state index in [1.807, 2.05) is 5.55 Å². The Morgan fingerprint density at radius 3 is 3.17 bits per heavy atom. The molecule has 2 atom stereocenters. The molecule has 1 saturated carbocycles. The number of nitro benzene ring substituents is 1. The summed E-state index contributed by atoms with van der Waals surface area (Å²) >= 11 is 7.89. The normalized spacial score (nSPS) is 29.5. The van der Waals surface area contributed by atoms with Gasteiger partial charge in [0.1, 0.15) is 0 Å². The fourth-order valence-corrected chi connectivity index (χ4v) is 3.64. The smallest absolute Gasteiger partial charge is 0.269 e. The Hall–Kier alpha value is -1.07. The second-order valence-electron chi connectivity index (χ2n) is 4.64. The highest BCUT2D eigenvalue weighted by atomic mass is 35.5. The highest BCUT2D eigenvalue weighted by Gasteiger charge is 2.56. The number of hydrogen-bond acceptors (Lipinski definition) is 4. The average Bonchev–Trinajstić information content (AvgIpc) is 3.03. The summed E-state index contributed by atoms with van der Waals surface area (Å²) in [5.74, 6) is 1.53. The molecule has 6 heteroatoms. The van der Waals surface area contributed by atoms with E-state index in [-0.39, 0.29) is 16.1 Å². The van der Waals surface area contributed by atoms with Crippen LogP contribution in [0.4, 0.5) is 5.69 Å². The first kappa shape index (κ1) is 12.0. The summed E-state index contributed by atoms with van der Waals surface area (Å²) in [4.78, 5) is 15.1. The molecule has 0 bridgehead atoms. The van der Waals surface area contributed by atoms with E-state index < -0.39 is 0 Å². The van der Waals surface area contributed by atoms with Gasteiger partial charge in [-0.3, -0.25) is 15.1 Å². The standard InChI is InChI=1S/C12H11ClN2O2S/c13-11-2-1-9(15(16)17)5-10(11)12-6-8(12)3-4-18-7-14-12/h1-2,5,7-8H,3-4,6H2. The number of nitrogens with zero attached hydrogens (tertiary/aromatic N) is 2. The zero-order valence-electron chi connectivity index (χ0n) is 9.51. The van der Waals surface area contributed by atoms with Gasteiger partial charge in [-0.1, -0.05) is 11.6 Å². The third-order valence-corrected chi connectivity index (χ3v) is 4.70. The fourth-order valence-electron chi connectivity index (χ4n) is 2.57. The Kier molecular flexibility index (Phi) is 2.83. The lowest BCUT2D eigenvalue weighted by molar-refractivity contribution is -0.384. The maximum Gasteiger partial charge on any atom is 0.269 e. The topological polar surface area (TPSA) is 55.5 Å². The second-order valence-corrected chi connectivity index (χ2v) is 6.00. The van der Waals surface area contributed by atoms with Crippen LogP contribution < -0.4 is 0 Å². The number of halogens is 1. The number of rotatable bonds is 2. The van der Waals surface area contributed by atoms with Crippen LogP contribution in [0.3, 0.4) is 0 Å². The molecule has 0 spiro atoms. The van der Waals surface area contributed by atoms with Crippen molar-refractivity contribution in [2.24, 2.45) is 10.9 Å². The molecule has 1 aromatic carbocycles. The zero-order chi connectivity index (χ0) is 12.8. The summed E-state index contributed by atoms with van der Waals surface area (Å²) in [5.41, 5.74) is 2.46. The molecule has 1 aliphatic carbocycles. The molecule has 1 aliphatic heterocycles. The van der Waals surface area contributed by atoms with Gasteiger partial charge in [-0.2, -0.15) is 0 Å². The maximum absolute atomic E-state index is 10.9. The maximum atomic E-state index is 10.9. The molecule has 0 saturated heterocycles. The Bertz CT molecular complexity index is 549. The lowest BCUT2D eigenvalue weighted by atomic mass is 10.0. The van der Waals surface area contributed by atoms with Gasteiger partial charge in [0.2, 0.25) is 0 Å². The average molecular weight is 283 g/mol. The molecule has 1 aromatic rings. The van der Waals surface area contributed by atoms with Crippen molar-refractivity contribution in [2.45, 2.75) is 18.4 Å². The molecule has 2 aliphatic rings. The third-order valence-electron chi connectivity index (χ3n) is 3.64. The number of hydrogen-bond donors (Lipinski definition) is 0. The van der Waals surface area contributed by atoms with Crippen LogP contribution in [0.25, 0.3) is 0 Å². The van der Waals surface area contributed by atoms with Gasteiger partial charge in [-0.05, 0) is 30.6 Å². The molecule has 0 N–H and O–H groups in total. The molecule has 1 heterocycles. The minimum absolute atomic E-state index is 0.0847. The number of non-ortho nitro benzene ring substituents is 1. The predicted octanol–water partition coefficient (Wildman–Crippen LogP) is 3.63. The number of fused-ring (bicyclic) bond motifs is 1. The van der Waals surface area contributed by atoms with Gasteiger partial charge in [0, 0.05) is 22.7 Å². The van der Waals surface area contributed by atoms with Crippen LogP contribution >= 0.6 is 23.4 Å². The van der Waals surface area contributed by atoms with Crippen molar-refractivity contribution in [3.8, 4) is 0 Å². The third kappa shape index (κ3) is 1.82. The summed E-state index contributed by atoms with van der Waals surface area (Å²) in [7, 11) is 0. The number of aliphatic imine (C=N–C) groups is 1. The van der Waals surface area contributed by atoms with Gasteiger partial charge < -0.3 is 0 Å². The van der Waals surface area contributed by atoms with Crippen LogP contribution in [0.2, 0.25) is 5.02 Å². The fraction of sp³-hybridized carbons (Fsp3) is 0.417. The predicted molar refractivity (Wildman–Crippen MR) is 73.5 cm³/mol. The quantitative estimate of drug-likeness (QED) is 0.615. The van der Waals surface area contributed by atoms with Crippen molar-refractivity contribution >= 4 is 34.6 Å². The molecule has 94 valence electrons. The van der Waals surface area contributed by atoms with E-state index in [2.05, 4.69) is 4.99 Å². The van der Waals surface area contributed by atoms with Crippen molar-refractivity contribution in [3.63, 3.8) is 0 Å². The van der Waals surface area contributed by atoms with Gasteiger partial charge >= 0.3 is 0 Å². The van der Waals surface area contributed by atoms with Crippen LogP contribution in [-0.4, -0.2) is 16.2 Å². The first-order valence-electron chi connectivity index (χ1n) is 5.73. The van der Waals surface area contributed by atoms with Gasteiger partial charge in [-0.25, -0.2) is 0 Å². The number of thioether (sulfide) groups is 1. The summed E-state index contributed by atoms with van der Waals surface area (Å²) in [6, 6.07) is 4.62. The van der Waals surface area contributed by atoms with Crippen molar-refractivity contribution in [1.82, 2.24) is 0 Å². The zero-order valence-corrected chi connectivity index (χ0v) is 11.1. The van der Waals surface area contributed by atoms with Crippen LogP contribution in [-0.2, 0) is 5.54 Å². The largest absolute Gasteiger partial charge is 0.275 e. The molecule has 0 amide bonds. The van der Waals surface area contributed by atoms with Gasteiger partial charge in [0.05, 0.1) is 16.0 Å². The highest BCUT2D eigenvalue weighted by molar-refractivity contribution is 8.12. The van der Waals surface area contributed by atoms with E-state index in [1.165, 1.54) is 6.07 Å². The van der Waals surface area contributed by atoms with Gasteiger partial charge in [0.25, 0.3) is 5.69 Å². The molecule has 0 radical (unpaired) electrons. The Morgan fingerprint density at radius 1 is 1.56 bits per heavy atom. The minimum Gasteiger partial charge on any atom is -0.275 e. The lowest BCUT2D eigenvalue weighted by Crippen LogP contribution is -2.08. The van der Waals surface area contributed by atoms with Crippen molar-refractivity contribution in [2.75, 3.05) is 5.75 Å². The number of benzene rings is 1. The molecule has 3 rings (SSSR count). The van der Waals surface area contributed by atoms with Crippen molar-refractivity contribution in [1.29, 1.82) is 0 Å². The van der Waals surface area contributed by atoms with E-state index in [0.717, 1.165) is 24.2 Å². The van der Waals surface area contributed by atoms with Crippen LogP contribution in [0.1, 0.15) is 18.4 Å². The van der Waals surface area contributed by atoms with Gasteiger partial charge in [0.15, 0.2) is 0 Å².